The van der Waals surface area contributed by atoms with Crippen molar-refractivity contribution in [2.75, 3.05) is 11.9 Å². The Kier molecular flexibility index (Phi) is 4.51. The van der Waals surface area contributed by atoms with Gasteiger partial charge in [0.15, 0.2) is 0 Å². The lowest BCUT2D eigenvalue weighted by atomic mass is 10.1. The second-order valence-electron chi connectivity index (χ2n) is 3.68. The van der Waals surface area contributed by atoms with Gasteiger partial charge in [0.2, 0.25) is 5.91 Å². The fourth-order valence-corrected chi connectivity index (χ4v) is 1.76. The number of carboxylic acid groups (broad SMARTS) is 1. The van der Waals surface area contributed by atoms with Gasteiger partial charge in [-0.1, -0.05) is 6.92 Å². The van der Waals surface area contributed by atoms with Crippen molar-refractivity contribution in [1.29, 1.82) is 0 Å². The predicted octanol–water partition coefficient (Wildman–Crippen LogP) is 1.68. The van der Waals surface area contributed by atoms with E-state index in [0.717, 1.165) is 5.69 Å². The van der Waals surface area contributed by atoms with Crippen molar-refractivity contribution in [1.82, 2.24) is 0 Å². The van der Waals surface area contributed by atoms with Gasteiger partial charge < -0.3 is 16.2 Å². The van der Waals surface area contributed by atoms with Gasteiger partial charge in [-0.15, -0.1) is 0 Å². The van der Waals surface area contributed by atoms with Crippen LogP contribution in [0.25, 0.3) is 0 Å². The molecule has 0 aliphatic carbocycles. The highest BCUT2D eigenvalue weighted by Crippen LogP contribution is 2.21. The lowest BCUT2D eigenvalue weighted by Crippen LogP contribution is -2.19. The van der Waals surface area contributed by atoms with E-state index in [-0.39, 0.29) is 0 Å². The maximum absolute atomic E-state index is 11.0. The Hall–Kier alpha value is -1.56. The minimum absolute atomic E-state index is 0.317. The molecule has 0 aliphatic rings. The van der Waals surface area contributed by atoms with Crippen LogP contribution in [0.3, 0.4) is 0 Å². The number of primary amides is 1. The Labute approximate surface area is 107 Å². The summed E-state index contributed by atoms with van der Waals surface area (Å²) in [7, 11) is 0. The third-order valence-electron chi connectivity index (χ3n) is 2.27. The molecule has 0 fully saturated rings. The number of aliphatic carboxylic acids is 1. The summed E-state index contributed by atoms with van der Waals surface area (Å²) in [5.74, 6) is -1.85. The molecule has 0 radical (unpaired) electrons. The van der Waals surface area contributed by atoms with E-state index in [2.05, 4.69) is 21.2 Å². The van der Waals surface area contributed by atoms with E-state index in [9.17, 15) is 9.59 Å². The summed E-state index contributed by atoms with van der Waals surface area (Å²) in [4.78, 5) is 21.6. The summed E-state index contributed by atoms with van der Waals surface area (Å²) in [5.41, 5.74) is 6.28. The van der Waals surface area contributed by atoms with Gasteiger partial charge in [0.1, 0.15) is 0 Å². The molecule has 1 amide bonds. The number of carbonyl (C=O) groups excluding carboxylic acids is 1. The van der Waals surface area contributed by atoms with E-state index in [1.54, 1.807) is 25.1 Å². The summed E-state index contributed by atoms with van der Waals surface area (Å²) >= 11 is 3.23. The molecule has 0 heterocycles. The van der Waals surface area contributed by atoms with Gasteiger partial charge in [0, 0.05) is 16.7 Å². The average Bonchev–Trinajstić information content (AvgIpc) is 2.25. The summed E-state index contributed by atoms with van der Waals surface area (Å²) in [5, 5.41) is 11.7. The smallest absolute Gasteiger partial charge is 0.308 e. The molecule has 5 nitrogen and oxygen atoms in total. The zero-order valence-electron chi connectivity index (χ0n) is 9.24. The van der Waals surface area contributed by atoms with Crippen molar-refractivity contribution in [3.63, 3.8) is 0 Å². The molecular weight excluding hydrogens is 288 g/mol. The number of nitrogens with two attached hydrogens (primary N) is 1. The van der Waals surface area contributed by atoms with Gasteiger partial charge in [0.25, 0.3) is 0 Å². The first-order valence-corrected chi connectivity index (χ1v) is 5.77. The molecule has 4 N–H and O–H groups in total. The summed E-state index contributed by atoms with van der Waals surface area (Å²) < 4.78 is 0.581. The van der Waals surface area contributed by atoms with E-state index in [4.69, 9.17) is 10.8 Å². The number of carbonyl (C=O) groups is 2. The van der Waals surface area contributed by atoms with Gasteiger partial charge in [-0.3, -0.25) is 9.59 Å². The minimum Gasteiger partial charge on any atom is -0.481 e. The van der Waals surface area contributed by atoms with Crippen LogP contribution in [0.2, 0.25) is 0 Å². The Morgan fingerprint density at radius 1 is 1.53 bits per heavy atom. The van der Waals surface area contributed by atoms with E-state index in [1.165, 1.54) is 0 Å². The molecule has 0 saturated carbocycles. The Balaban J connectivity index is 2.71. The number of nitrogens with one attached hydrogen (secondary N) is 1. The zero-order chi connectivity index (χ0) is 13.0. The number of rotatable bonds is 5. The molecule has 6 heteroatoms. The molecule has 92 valence electrons. The number of hydrogen-bond donors (Lipinski definition) is 3. The van der Waals surface area contributed by atoms with Gasteiger partial charge in [-0.2, -0.15) is 0 Å². The van der Waals surface area contributed by atoms with Crippen LogP contribution in [-0.2, 0) is 4.79 Å². The van der Waals surface area contributed by atoms with Crippen molar-refractivity contribution in [3.05, 3.63) is 28.2 Å². The van der Waals surface area contributed by atoms with Crippen LogP contribution in [0, 0.1) is 5.92 Å². The normalized spacial score (nSPS) is 11.9. The largest absolute Gasteiger partial charge is 0.481 e. The molecule has 0 bridgehead atoms. The molecule has 0 saturated heterocycles. The van der Waals surface area contributed by atoms with E-state index < -0.39 is 17.8 Å². The minimum atomic E-state index is -0.856. The maximum atomic E-state index is 11.0. The number of carboxylic acids is 1. The predicted molar refractivity (Wildman–Crippen MR) is 67.9 cm³/mol. The molecule has 1 atom stereocenters. The SMILES string of the molecule is CC(CNc1ccc(C(N)=O)c(Br)c1)C(=O)O. The standard InChI is InChI=1S/C11H13BrN2O3/c1-6(11(16)17)5-14-7-2-3-8(10(13)15)9(12)4-7/h2-4,6,14H,5H2,1H3,(H2,13,15)(H,16,17). The topological polar surface area (TPSA) is 92.4 Å². The first-order chi connectivity index (χ1) is 7.91. The number of anilines is 1. The number of benzene rings is 1. The van der Waals surface area contributed by atoms with Gasteiger partial charge in [-0.25, -0.2) is 0 Å². The molecule has 0 aliphatic heterocycles. The number of hydrogen-bond acceptors (Lipinski definition) is 3. The molecule has 1 aromatic rings. The third kappa shape index (κ3) is 3.74. The summed E-state index contributed by atoms with van der Waals surface area (Å²) in [6.45, 7) is 1.93. The van der Waals surface area contributed by atoms with Crippen molar-refractivity contribution in [2.45, 2.75) is 6.92 Å². The Bertz CT molecular complexity index is 448. The third-order valence-corrected chi connectivity index (χ3v) is 2.92. The quantitative estimate of drug-likeness (QED) is 0.771. The van der Waals surface area contributed by atoms with Crippen molar-refractivity contribution in [3.8, 4) is 0 Å². The van der Waals surface area contributed by atoms with Crippen LogP contribution in [0.4, 0.5) is 5.69 Å². The van der Waals surface area contributed by atoms with Crippen molar-refractivity contribution >= 4 is 33.5 Å². The lowest BCUT2D eigenvalue weighted by Gasteiger charge is -2.10. The second kappa shape index (κ2) is 5.67. The number of halogens is 1. The number of amides is 1. The van der Waals surface area contributed by atoms with Crippen LogP contribution < -0.4 is 11.1 Å². The zero-order valence-corrected chi connectivity index (χ0v) is 10.8. The molecule has 0 aromatic heterocycles. The van der Waals surface area contributed by atoms with Gasteiger partial charge in [0.05, 0.1) is 11.5 Å². The highest BCUT2D eigenvalue weighted by atomic mass is 79.9. The first kappa shape index (κ1) is 13.5. The highest BCUT2D eigenvalue weighted by Gasteiger charge is 2.11. The fourth-order valence-electron chi connectivity index (χ4n) is 1.18. The molecule has 17 heavy (non-hydrogen) atoms. The average molecular weight is 301 g/mol. The van der Waals surface area contributed by atoms with Crippen LogP contribution in [-0.4, -0.2) is 23.5 Å². The molecule has 1 unspecified atom stereocenters. The first-order valence-electron chi connectivity index (χ1n) is 4.98. The van der Waals surface area contributed by atoms with Crippen LogP contribution in [0.15, 0.2) is 22.7 Å². The Morgan fingerprint density at radius 3 is 2.65 bits per heavy atom. The van der Waals surface area contributed by atoms with Crippen LogP contribution >= 0.6 is 15.9 Å². The molecule has 1 aromatic carbocycles. The fraction of sp³-hybridized carbons (Fsp3) is 0.273. The molecular formula is C11H13BrN2O3. The van der Waals surface area contributed by atoms with Crippen molar-refractivity contribution in [2.24, 2.45) is 11.7 Å². The van der Waals surface area contributed by atoms with Crippen LogP contribution in [0.5, 0.6) is 0 Å². The van der Waals surface area contributed by atoms with E-state index in [0.29, 0.717) is 16.6 Å². The summed E-state index contributed by atoms with van der Waals surface area (Å²) in [6.07, 6.45) is 0. The molecule has 0 spiro atoms. The van der Waals surface area contributed by atoms with Gasteiger partial charge >= 0.3 is 5.97 Å². The Morgan fingerprint density at radius 2 is 2.18 bits per heavy atom. The van der Waals surface area contributed by atoms with Crippen LogP contribution in [0.1, 0.15) is 17.3 Å². The summed E-state index contributed by atoms with van der Waals surface area (Å²) in [6, 6.07) is 4.95. The van der Waals surface area contributed by atoms with Crippen molar-refractivity contribution < 1.29 is 14.7 Å². The second-order valence-corrected chi connectivity index (χ2v) is 4.53. The highest BCUT2D eigenvalue weighted by molar-refractivity contribution is 9.10. The van der Waals surface area contributed by atoms with E-state index in [1.807, 2.05) is 0 Å². The van der Waals surface area contributed by atoms with Gasteiger partial charge in [-0.05, 0) is 34.1 Å². The maximum Gasteiger partial charge on any atom is 0.308 e. The molecule has 1 rings (SSSR count). The van der Waals surface area contributed by atoms with E-state index >= 15 is 0 Å². The lowest BCUT2D eigenvalue weighted by molar-refractivity contribution is -0.140. The monoisotopic (exact) mass is 300 g/mol.